The second-order valence-corrected chi connectivity index (χ2v) is 0. The first kappa shape index (κ1) is 32.9. The summed E-state index contributed by atoms with van der Waals surface area (Å²) >= 11 is 0. The maximum absolute atomic E-state index is 0. The Morgan fingerprint density at radius 2 is 1.00 bits per heavy atom. The molecule has 0 saturated heterocycles. The molecule has 0 rings (SSSR count). The molecule has 0 aliphatic carbocycles. The molecule has 0 saturated carbocycles. The molecule has 1 radical (unpaired) electrons. The van der Waals surface area contributed by atoms with Crippen molar-refractivity contribution in [3.8, 4) is 0 Å². The minimum Gasteiger partial charge on any atom is 0 e. The molecule has 0 amide bonds. The van der Waals surface area contributed by atoms with Gasteiger partial charge in [0.05, 0.1) is 0 Å². The molecule has 4 heavy (non-hydrogen) atoms. The van der Waals surface area contributed by atoms with Crippen molar-refractivity contribution in [1.29, 1.82) is 0 Å². The first-order valence-electron chi connectivity index (χ1n) is 0. The van der Waals surface area contributed by atoms with Gasteiger partial charge >= 0.3 is 0 Å². The van der Waals surface area contributed by atoms with Crippen LogP contribution in [0.2, 0.25) is 0 Å². The van der Waals surface area contributed by atoms with E-state index in [9.17, 15) is 0 Å². The Morgan fingerprint density at radius 1 is 1.00 bits per heavy atom. The van der Waals surface area contributed by atoms with Gasteiger partial charge in [-0.15, -0.1) is 0 Å². The molecular formula is MnNiTiZn. The van der Waals surface area contributed by atoms with Gasteiger partial charge in [-0.05, 0) is 0 Å². The fraction of sp³-hybridized carbons (Fsp3) is 0. The summed E-state index contributed by atoms with van der Waals surface area (Å²) in [7, 11) is 0. The Hall–Kier alpha value is 2.35. The number of hydrogen-bond donors (Lipinski definition) is 0. The van der Waals surface area contributed by atoms with Crippen LogP contribution in [0.5, 0.6) is 0 Å². The van der Waals surface area contributed by atoms with Gasteiger partial charge in [0.2, 0.25) is 0 Å². The van der Waals surface area contributed by atoms with Crippen molar-refractivity contribution < 1.29 is 74.8 Å². The zero-order valence-corrected chi connectivity index (χ0v) is 8.60. The van der Waals surface area contributed by atoms with Crippen LogP contribution in [0, 0.1) is 0 Å². The van der Waals surface area contributed by atoms with E-state index >= 15 is 0 Å². The normalized spacial score (nSPS) is 0. The average Bonchev–Trinajstić information content (AvgIpc) is 0. The van der Waals surface area contributed by atoms with Crippen molar-refractivity contribution in [2.75, 3.05) is 0 Å². The van der Waals surface area contributed by atoms with Gasteiger partial charge < -0.3 is 0 Å². The molecule has 0 bridgehead atoms. The van der Waals surface area contributed by atoms with E-state index in [0.29, 0.717) is 0 Å². The Kier molecular flexibility index (Phi) is 151. The molecular weight excluding hydrogens is 227 g/mol. The Balaban J connectivity index is 0. The first-order chi connectivity index (χ1) is 0. The van der Waals surface area contributed by atoms with Crippen LogP contribution >= 0.6 is 0 Å². The van der Waals surface area contributed by atoms with Crippen molar-refractivity contribution in [3.05, 3.63) is 0 Å². The van der Waals surface area contributed by atoms with E-state index in [-0.39, 0.29) is 74.8 Å². The molecule has 0 atom stereocenters. The second kappa shape index (κ2) is 18.3. The predicted octanol–water partition coefficient (Wildman–Crippen LogP) is -0.0100. The SMILES string of the molecule is [Mn].[Ni].[Ti].[Zn]. The molecule has 0 aromatic heterocycles. The molecule has 0 aromatic rings. The molecule has 0 nitrogen and oxygen atoms in total. The third kappa shape index (κ3) is 8.84. The summed E-state index contributed by atoms with van der Waals surface area (Å²) in [5, 5.41) is 0. The average molecular weight is 227 g/mol. The van der Waals surface area contributed by atoms with Crippen molar-refractivity contribution in [3.63, 3.8) is 0 Å². The monoisotopic (exact) mass is 225 g/mol. The van der Waals surface area contributed by atoms with E-state index in [4.69, 9.17) is 0 Å². The van der Waals surface area contributed by atoms with Gasteiger partial charge in [-0.1, -0.05) is 0 Å². The van der Waals surface area contributed by atoms with Crippen LogP contribution in [0.4, 0.5) is 0 Å². The predicted molar refractivity (Wildman–Crippen MR) is 0 cm³/mol. The summed E-state index contributed by atoms with van der Waals surface area (Å²) in [4.78, 5) is 0. The Morgan fingerprint density at radius 3 is 1.00 bits per heavy atom. The van der Waals surface area contributed by atoms with Crippen LogP contribution < -0.4 is 0 Å². The molecule has 0 aromatic carbocycles. The van der Waals surface area contributed by atoms with Crippen molar-refractivity contribution in [1.82, 2.24) is 0 Å². The zero-order valence-electron chi connectivity index (χ0n) is 1.90. The summed E-state index contributed by atoms with van der Waals surface area (Å²) in [5.41, 5.74) is 0. The summed E-state index contributed by atoms with van der Waals surface area (Å²) in [6, 6.07) is 0. The minimum absolute atomic E-state index is 0. The van der Waals surface area contributed by atoms with Crippen LogP contribution in [0.3, 0.4) is 0 Å². The van der Waals surface area contributed by atoms with Gasteiger partial charge in [0, 0.05) is 74.8 Å². The first-order valence-corrected chi connectivity index (χ1v) is 0. The molecule has 4 heteroatoms. The van der Waals surface area contributed by atoms with E-state index in [0.717, 1.165) is 0 Å². The van der Waals surface area contributed by atoms with Gasteiger partial charge in [-0.25, -0.2) is 0 Å². The van der Waals surface area contributed by atoms with Crippen LogP contribution in [0.15, 0.2) is 0 Å². The summed E-state index contributed by atoms with van der Waals surface area (Å²) in [6.07, 6.45) is 0. The van der Waals surface area contributed by atoms with Crippen LogP contribution in [0.1, 0.15) is 0 Å². The van der Waals surface area contributed by atoms with E-state index in [1.165, 1.54) is 0 Å². The van der Waals surface area contributed by atoms with Crippen LogP contribution in [-0.2, 0) is 74.8 Å². The third-order valence-electron chi connectivity index (χ3n) is 0. The Labute approximate surface area is 73.9 Å². The fourth-order valence-electron chi connectivity index (χ4n) is 0. The molecule has 0 spiro atoms. The van der Waals surface area contributed by atoms with Gasteiger partial charge in [0.15, 0.2) is 0 Å². The molecule has 0 fully saturated rings. The summed E-state index contributed by atoms with van der Waals surface area (Å²) < 4.78 is 0. The summed E-state index contributed by atoms with van der Waals surface area (Å²) in [6.45, 7) is 0. The molecule has 0 N–H and O–H groups in total. The number of rotatable bonds is 0. The van der Waals surface area contributed by atoms with Crippen LogP contribution in [-0.4, -0.2) is 0 Å². The van der Waals surface area contributed by atoms with E-state index in [1.54, 1.807) is 0 Å². The van der Waals surface area contributed by atoms with Crippen molar-refractivity contribution in [2.45, 2.75) is 0 Å². The van der Waals surface area contributed by atoms with Gasteiger partial charge in [-0.3, -0.25) is 0 Å². The van der Waals surface area contributed by atoms with Crippen LogP contribution in [0.25, 0.3) is 0 Å². The van der Waals surface area contributed by atoms with Gasteiger partial charge in [0.25, 0.3) is 0 Å². The molecule has 0 unspecified atom stereocenters. The smallest absolute Gasteiger partial charge is 0 e. The molecule has 0 heterocycles. The molecule has 0 aliphatic rings. The van der Waals surface area contributed by atoms with E-state index in [1.807, 2.05) is 0 Å². The van der Waals surface area contributed by atoms with Gasteiger partial charge in [-0.2, -0.15) is 0 Å². The maximum atomic E-state index is 0. The largest absolute Gasteiger partial charge is 0 e. The second-order valence-electron chi connectivity index (χ2n) is 0. The van der Waals surface area contributed by atoms with Gasteiger partial charge in [0.1, 0.15) is 0 Å². The molecule has 0 aliphatic heterocycles. The zero-order chi connectivity index (χ0) is 0. The minimum atomic E-state index is 0. The quantitative estimate of drug-likeness (QED) is 0.510. The topological polar surface area (TPSA) is 0 Å². The van der Waals surface area contributed by atoms with Crippen molar-refractivity contribution in [2.24, 2.45) is 0 Å². The number of hydrogen-bond acceptors (Lipinski definition) is 0. The Bertz CT molecular complexity index is 8.00. The standard InChI is InChI=1S/Mn.Ni.Ti.Zn. The van der Waals surface area contributed by atoms with E-state index in [2.05, 4.69) is 0 Å². The van der Waals surface area contributed by atoms with E-state index < -0.39 is 0 Å². The fourth-order valence-corrected chi connectivity index (χ4v) is 0. The molecule has 23 valence electrons. The summed E-state index contributed by atoms with van der Waals surface area (Å²) in [5.74, 6) is 0. The van der Waals surface area contributed by atoms with Crippen molar-refractivity contribution >= 4 is 0 Å². The maximum Gasteiger partial charge on any atom is 0 e. The third-order valence-corrected chi connectivity index (χ3v) is 0.